The fraction of sp³-hybridized carbons (Fsp3) is 0.259. The fourth-order valence-corrected chi connectivity index (χ4v) is 4.31. The Labute approximate surface area is 204 Å². The number of nitrogens with one attached hydrogen (secondary N) is 1. The molecule has 3 aromatic rings. The molecule has 1 atom stereocenters. The summed E-state index contributed by atoms with van der Waals surface area (Å²) in [5.41, 5.74) is 1.23. The van der Waals surface area contributed by atoms with Gasteiger partial charge in [-0.3, -0.25) is 9.59 Å². The number of methoxy groups -OCH3 is 1. The third-order valence-corrected chi connectivity index (χ3v) is 6.32. The van der Waals surface area contributed by atoms with Crippen LogP contribution in [0.5, 0.6) is 5.75 Å². The molecule has 0 saturated carbocycles. The summed E-state index contributed by atoms with van der Waals surface area (Å²) in [7, 11) is 1.57. The van der Waals surface area contributed by atoms with Gasteiger partial charge in [0.05, 0.1) is 20.1 Å². The number of hydrogen-bond donors (Lipinski definition) is 2. The maximum absolute atomic E-state index is 14.0. The van der Waals surface area contributed by atoms with Crippen molar-refractivity contribution in [3.05, 3.63) is 88.4 Å². The van der Waals surface area contributed by atoms with Crippen molar-refractivity contribution in [3.8, 4) is 5.75 Å². The average Bonchev–Trinajstić information content (AvgIpc) is 2.83. The number of benzene rings is 3. The highest BCUT2D eigenvalue weighted by atomic mass is 35.5. The average molecular weight is 479 g/mol. The summed E-state index contributed by atoms with van der Waals surface area (Å²) < 4.78 is 5.25. The lowest BCUT2D eigenvalue weighted by atomic mass is 9.84. The molecule has 7 heteroatoms. The van der Waals surface area contributed by atoms with Gasteiger partial charge >= 0.3 is 0 Å². The van der Waals surface area contributed by atoms with Crippen LogP contribution in [0.15, 0.2) is 66.7 Å². The van der Waals surface area contributed by atoms with E-state index in [4.69, 9.17) is 16.3 Å². The van der Waals surface area contributed by atoms with E-state index >= 15 is 0 Å². The van der Waals surface area contributed by atoms with Crippen molar-refractivity contribution in [2.24, 2.45) is 0 Å². The van der Waals surface area contributed by atoms with Crippen molar-refractivity contribution < 1.29 is 19.4 Å². The normalized spacial score (nSPS) is 17.2. The van der Waals surface area contributed by atoms with E-state index in [1.807, 2.05) is 24.3 Å². The zero-order valence-electron chi connectivity index (χ0n) is 19.3. The Morgan fingerprint density at radius 3 is 2.41 bits per heavy atom. The van der Waals surface area contributed by atoms with Gasteiger partial charge in [-0.2, -0.15) is 0 Å². The van der Waals surface area contributed by atoms with Gasteiger partial charge < -0.3 is 20.1 Å². The molecule has 1 aliphatic heterocycles. The van der Waals surface area contributed by atoms with Crippen LogP contribution in [0.25, 0.3) is 0 Å². The van der Waals surface area contributed by atoms with E-state index in [9.17, 15) is 14.7 Å². The zero-order valence-corrected chi connectivity index (χ0v) is 20.1. The summed E-state index contributed by atoms with van der Waals surface area (Å²) in [6, 6.07) is 19.8. The Hall–Kier alpha value is -3.35. The summed E-state index contributed by atoms with van der Waals surface area (Å²) in [6.07, 6.45) is -0.405. The van der Waals surface area contributed by atoms with E-state index in [0.717, 1.165) is 5.56 Å². The lowest BCUT2D eigenvalue weighted by Gasteiger charge is -2.37. The van der Waals surface area contributed by atoms with Crippen LogP contribution in [0, 0.1) is 0 Å². The van der Waals surface area contributed by atoms with Gasteiger partial charge in [-0.05, 0) is 59.5 Å². The highest BCUT2D eigenvalue weighted by molar-refractivity contribution is 6.31. The summed E-state index contributed by atoms with van der Waals surface area (Å²) in [4.78, 5) is 27.9. The first-order valence-electron chi connectivity index (χ1n) is 11.1. The molecule has 3 aromatic carbocycles. The quantitative estimate of drug-likeness (QED) is 0.508. The monoisotopic (exact) mass is 478 g/mol. The fourth-order valence-electron chi connectivity index (χ4n) is 4.14. The second-order valence-corrected chi connectivity index (χ2v) is 9.20. The molecule has 1 heterocycles. The molecule has 0 saturated heterocycles. The van der Waals surface area contributed by atoms with Gasteiger partial charge in [0.15, 0.2) is 5.60 Å². The van der Waals surface area contributed by atoms with E-state index in [0.29, 0.717) is 28.1 Å². The van der Waals surface area contributed by atoms with Crippen molar-refractivity contribution in [1.29, 1.82) is 0 Å². The highest BCUT2D eigenvalue weighted by Gasteiger charge is 2.47. The molecule has 0 bridgehead atoms. The molecular weight excluding hydrogens is 452 g/mol. The SMILES string of the molecule is COc1ccc(N(Cc2ccc(C(C)C)cc2)C(=O)C2(O)CC(=O)Nc3ccc(Cl)cc32)cc1. The Kier molecular flexibility index (Phi) is 6.64. The molecule has 0 aliphatic carbocycles. The largest absolute Gasteiger partial charge is 0.497 e. The number of aliphatic hydroxyl groups is 1. The number of amides is 2. The molecule has 0 aromatic heterocycles. The molecule has 6 nitrogen and oxygen atoms in total. The maximum Gasteiger partial charge on any atom is 0.264 e. The maximum atomic E-state index is 14.0. The van der Waals surface area contributed by atoms with Crippen LogP contribution in [-0.2, 0) is 21.7 Å². The predicted octanol–water partition coefficient (Wildman–Crippen LogP) is 5.24. The number of anilines is 2. The Balaban J connectivity index is 1.77. The van der Waals surface area contributed by atoms with Crippen molar-refractivity contribution in [1.82, 2.24) is 0 Å². The Morgan fingerprint density at radius 1 is 1.12 bits per heavy atom. The van der Waals surface area contributed by atoms with Crippen molar-refractivity contribution in [2.45, 2.75) is 38.3 Å². The number of fused-ring (bicyclic) bond motifs is 1. The van der Waals surface area contributed by atoms with Gasteiger partial charge in [0.1, 0.15) is 5.75 Å². The van der Waals surface area contributed by atoms with E-state index in [-0.39, 0.29) is 12.1 Å². The molecule has 2 amide bonds. The molecule has 4 rings (SSSR count). The minimum atomic E-state index is -2.07. The zero-order chi connectivity index (χ0) is 24.5. The second-order valence-electron chi connectivity index (χ2n) is 8.76. The van der Waals surface area contributed by atoms with E-state index in [1.54, 1.807) is 43.5 Å². The van der Waals surface area contributed by atoms with Gasteiger partial charge in [0, 0.05) is 22.0 Å². The minimum Gasteiger partial charge on any atom is -0.497 e. The van der Waals surface area contributed by atoms with E-state index in [2.05, 4.69) is 19.2 Å². The third kappa shape index (κ3) is 4.65. The highest BCUT2D eigenvalue weighted by Crippen LogP contribution is 2.40. The number of ether oxygens (including phenoxy) is 1. The number of hydrogen-bond acceptors (Lipinski definition) is 4. The van der Waals surface area contributed by atoms with Crippen molar-refractivity contribution in [2.75, 3.05) is 17.3 Å². The van der Waals surface area contributed by atoms with Gasteiger partial charge in [-0.1, -0.05) is 49.7 Å². The molecule has 1 aliphatic rings. The number of nitrogens with zero attached hydrogens (tertiary/aromatic N) is 1. The summed E-state index contributed by atoms with van der Waals surface area (Å²) in [5, 5.41) is 14.8. The third-order valence-electron chi connectivity index (χ3n) is 6.09. The number of rotatable bonds is 6. The Bertz CT molecular complexity index is 1210. The summed E-state index contributed by atoms with van der Waals surface area (Å²) in [5.74, 6) is -0.0213. The van der Waals surface area contributed by atoms with Crippen LogP contribution >= 0.6 is 11.6 Å². The van der Waals surface area contributed by atoms with Crippen molar-refractivity contribution >= 4 is 34.8 Å². The molecule has 0 fully saturated rings. The first-order chi connectivity index (χ1) is 16.2. The Morgan fingerprint density at radius 2 is 1.79 bits per heavy atom. The predicted molar refractivity (Wildman–Crippen MR) is 133 cm³/mol. The molecule has 176 valence electrons. The van der Waals surface area contributed by atoms with Crippen molar-refractivity contribution in [3.63, 3.8) is 0 Å². The molecule has 34 heavy (non-hydrogen) atoms. The number of halogens is 1. The molecule has 1 unspecified atom stereocenters. The van der Waals surface area contributed by atoms with Crippen LogP contribution in [-0.4, -0.2) is 24.0 Å². The molecule has 2 N–H and O–H groups in total. The standard InChI is InChI=1S/C27H27ClN2O4/c1-17(2)19-6-4-18(5-7-19)16-30(21-9-11-22(34-3)12-10-21)26(32)27(33)15-25(31)29-24-13-8-20(28)14-23(24)27/h4-14,17,33H,15-16H2,1-3H3,(H,29,31). The lowest BCUT2D eigenvalue weighted by Crippen LogP contribution is -2.51. The smallest absolute Gasteiger partial charge is 0.264 e. The first-order valence-corrected chi connectivity index (χ1v) is 11.5. The van der Waals surface area contributed by atoms with Crippen LogP contribution < -0.4 is 15.0 Å². The van der Waals surface area contributed by atoms with Gasteiger partial charge in [-0.15, -0.1) is 0 Å². The van der Waals surface area contributed by atoms with E-state index < -0.39 is 23.8 Å². The molecule has 0 spiro atoms. The second kappa shape index (κ2) is 9.49. The van der Waals surface area contributed by atoms with Crippen LogP contribution in [0.3, 0.4) is 0 Å². The topological polar surface area (TPSA) is 78.9 Å². The van der Waals surface area contributed by atoms with Crippen LogP contribution in [0.4, 0.5) is 11.4 Å². The molecular formula is C27H27ClN2O4. The summed E-state index contributed by atoms with van der Waals surface area (Å²) >= 11 is 6.18. The first kappa shape index (κ1) is 23.8. The van der Waals surface area contributed by atoms with E-state index in [1.165, 1.54) is 16.5 Å². The lowest BCUT2D eigenvalue weighted by molar-refractivity contribution is -0.143. The van der Waals surface area contributed by atoms with Gasteiger partial charge in [0.25, 0.3) is 5.91 Å². The minimum absolute atomic E-state index is 0.212. The van der Waals surface area contributed by atoms with Gasteiger partial charge in [-0.25, -0.2) is 0 Å². The molecule has 0 radical (unpaired) electrons. The van der Waals surface area contributed by atoms with Gasteiger partial charge in [0.2, 0.25) is 5.91 Å². The van der Waals surface area contributed by atoms with Crippen LogP contribution in [0.2, 0.25) is 5.02 Å². The number of carbonyl (C=O) groups excluding carboxylic acids is 2. The van der Waals surface area contributed by atoms with Crippen LogP contribution in [0.1, 0.15) is 42.9 Å². The summed E-state index contributed by atoms with van der Waals surface area (Å²) in [6.45, 7) is 4.45. The number of carbonyl (C=O) groups is 2.